The fraction of sp³-hybridized carbons (Fsp3) is 0.500. The van der Waals surface area contributed by atoms with Crippen LogP contribution in [0.4, 0.5) is 5.82 Å². The lowest BCUT2D eigenvalue weighted by Gasteiger charge is -2.08. The van der Waals surface area contributed by atoms with Crippen LogP contribution in [0.5, 0.6) is 0 Å². The molecule has 2 aromatic heterocycles. The minimum Gasteiger partial charge on any atom is -0.382 e. The number of rotatable bonds is 4. The van der Waals surface area contributed by atoms with Crippen molar-refractivity contribution in [3.63, 3.8) is 0 Å². The first kappa shape index (κ1) is 12.7. The van der Waals surface area contributed by atoms with Gasteiger partial charge in [0.1, 0.15) is 11.8 Å². The number of sulfone groups is 1. The molecular formula is C10H15N5O2S. The summed E-state index contributed by atoms with van der Waals surface area (Å²) in [6, 6.07) is 0. The van der Waals surface area contributed by atoms with E-state index in [1.807, 2.05) is 0 Å². The Morgan fingerprint density at radius 2 is 2.06 bits per heavy atom. The average molecular weight is 269 g/mol. The molecule has 0 bridgehead atoms. The highest BCUT2D eigenvalue weighted by Gasteiger charge is 2.17. The summed E-state index contributed by atoms with van der Waals surface area (Å²) in [5.74, 6) is 0.352. The van der Waals surface area contributed by atoms with Gasteiger partial charge in [-0.1, -0.05) is 0 Å². The summed E-state index contributed by atoms with van der Waals surface area (Å²) in [6.45, 7) is 3.65. The highest BCUT2D eigenvalue weighted by molar-refractivity contribution is 7.91. The van der Waals surface area contributed by atoms with Gasteiger partial charge in [0.25, 0.3) is 0 Å². The third-order valence-electron chi connectivity index (χ3n) is 2.76. The zero-order chi connectivity index (χ0) is 13.3. The van der Waals surface area contributed by atoms with Crippen molar-refractivity contribution in [3.8, 4) is 0 Å². The van der Waals surface area contributed by atoms with Crippen molar-refractivity contribution in [2.75, 3.05) is 11.5 Å². The molecule has 0 fully saturated rings. The van der Waals surface area contributed by atoms with E-state index in [1.54, 1.807) is 18.4 Å². The Morgan fingerprint density at radius 1 is 1.33 bits per heavy atom. The van der Waals surface area contributed by atoms with Gasteiger partial charge < -0.3 is 10.3 Å². The van der Waals surface area contributed by atoms with Gasteiger partial charge in [0.05, 0.1) is 17.3 Å². The van der Waals surface area contributed by atoms with Gasteiger partial charge in [-0.3, -0.25) is 0 Å². The summed E-state index contributed by atoms with van der Waals surface area (Å²) >= 11 is 0. The molecule has 0 saturated carbocycles. The molecule has 2 rings (SSSR count). The highest BCUT2D eigenvalue weighted by atomic mass is 32.2. The van der Waals surface area contributed by atoms with Crippen LogP contribution in [-0.2, 0) is 16.4 Å². The third kappa shape index (κ3) is 2.28. The number of hydrogen-bond donors (Lipinski definition) is 1. The van der Waals surface area contributed by atoms with Crippen LogP contribution in [-0.4, -0.2) is 38.9 Å². The molecule has 2 heterocycles. The quantitative estimate of drug-likeness (QED) is 0.852. The number of nitrogen functional groups attached to an aromatic ring is 1. The van der Waals surface area contributed by atoms with E-state index in [0.717, 1.165) is 0 Å². The molecule has 0 aliphatic rings. The Bertz CT molecular complexity index is 662. The van der Waals surface area contributed by atoms with Crippen LogP contribution in [0.3, 0.4) is 0 Å². The second kappa shape index (κ2) is 4.52. The molecule has 0 aliphatic heterocycles. The van der Waals surface area contributed by atoms with Gasteiger partial charge in [0, 0.05) is 6.54 Å². The van der Waals surface area contributed by atoms with E-state index in [0.29, 0.717) is 23.5 Å². The fourth-order valence-electron chi connectivity index (χ4n) is 1.52. The predicted molar refractivity (Wildman–Crippen MR) is 68.7 cm³/mol. The average Bonchev–Trinajstić information content (AvgIpc) is 2.71. The number of imidazole rings is 1. The summed E-state index contributed by atoms with van der Waals surface area (Å²) in [5.41, 5.74) is 6.71. The van der Waals surface area contributed by atoms with Gasteiger partial charge >= 0.3 is 0 Å². The minimum atomic E-state index is -3.08. The molecule has 0 amide bonds. The van der Waals surface area contributed by atoms with Crippen molar-refractivity contribution in [1.29, 1.82) is 0 Å². The second-order valence-electron chi connectivity index (χ2n) is 4.28. The molecule has 7 nitrogen and oxygen atoms in total. The molecule has 0 radical (unpaired) electrons. The van der Waals surface area contributed by atoms with E-state index in [-0.39, 0.29) is 11.0 Å². The van der Waals surface area contributed by atoms with E-state index in [2.05, 4.69) is 15.0 Å². The molecule has 0 saturated heterocycles. The van der Waals surface area contributed by atoms with E-state index in [4.69, 9.17) is 5.73 Å². The molecule has 0 unspecified atom stereocenters. The molecular weight excluding hydrogens is 254 g/mol. The van der Waals surface area contributed by atoms with Gasteiger partial charge in [0.15, 0.2) is 21.3 Å². The maximum absolute atomic E-state index is 11.7. The molecule has 98 valence electrons. The Hall–Kier alpha value is -1.70. The van der Waals surface area contributed by atoms with Gasteiger partial charge in [-0.15, -0.1) is 0 Å². The Morgan fingerprint density at radius 3 is 2.72 bits per heavy atom. The molecule has 2 aromatic rings. The van der Waals surface area contributed by atoms with Gasteiger partial charge in [-0.25, -0.2) is 23.4 Å². The Kier molecular flexibility index (Phi) is 3.20. The largest absolute Gasteiger partial charge is 0.382 e. The van der Waals surface area contributed by atoms with E-state index in [1.165, 1.54) is 12.7 Å². The lowest BCUT2D eigenvalue weighted by atomic mass is 10.5. The van der Waals surface area contributed by atoms with E-state index >= 15 is 0 Å². The van der Waals surface area contributed by atoms with Crippen molar-refractivity contribution in [3.05, 3.63) is 12.7 Å². The molecule has 0 aromatic carbocycles. The lowest BCUT2D eigenvalue weighted by Crippen LogP contribution is -2.21. The SMILES string of the molecule is CC(C)S(=O)(=O)CCn1cnc2c(N)ncnc21. The zero-order valence-electron chi connectivity index (χ0n) is 10.2. The van der Waals surface area contributed by atoms with Gasteiger partial charge in [-0.05, 0) is 13.8 Å². The summed E-state index contributed by atoms with van der Waals surface area (Å²) < 4.78 is 25.1. The number of aromatic nitrogens is 4. The molecule has 0 spiro atoms. The highest BCUT2D eigenvalue weighted by Crippen LogP contribution is 2.14. The van der Waals surface area contributed by atoms with Crippen molar-refractivity contribution < 1.29 is 8.42 Å². The number of nitrogens with two attached hydrogens (primary N) is 1. The maximum Gasteiger partial charge on any atom is 0.165 e. The minimum absolute atomic E-state index is 0.0556. The van der Waals surface area contributed by atoms with Crippen LogP contribution in [0.2, 0.25) is 0 Å². The summed E-state index contributed by atoms with van der Waals surface area (Å²) in [5, 5.41) is -0.382. The van der Waals surface area contributed by atoms with Crippen LogP contribution in [0, 0.1) is 0 Å². The first-order valence-corrected chi connectivity index (χ1v) is 7.26. The standard InChI is InChI=1S/C10H15N5O2S/c1-7(2)18(16,17)4-3-15-6-14-8-9(11)12-5-13-10(8)15/h5-7H,3-4H2,1-2H3,(H2,11,12,13). The number of fused-ring (bicyclic) bond motifs is 1. The number of anilines is 1. The van der Waals surface area contributed by atoms with Gasteiger partial charge in [0.2, 0.25) is 0 Å². The van der Waals surface area contributed by atoms with Crippen LogP contribution in [0.25, 0.3) is 11.2 Å². The molecule has 2 N–H and O–H groups in total. The Balaban J connectivity index is 2.26. The fourth-order valence-corrected chi connectivity index (χ4v) is 2.45. The van der Waals surface area contributed by atoms with Crippen molar-refractivity contribution in [2.24, 2.45) is 0 Å². The first-order valence-electron chi connectivity index (χ1n) is 5.54. The van der Waals surface area contributed by atoms with Crippen molar-refractivity contribution in [1.82, 2.24) is 19.5 Å². The van der Waals surface area contributed by atoms with Gasteiger partial charge in [-0.2, -0.15) is 0 Å². The summed E-state index contributed by atoms with van der Waals surface area (Å²) in [6.07, 6.45) is 2.87. The third-order valence-corrected chi connectivity index (χ3v) is 4.95. The van der Waals surface area contributed by atoms with Crippen LogP contribution < -0.4 is 5.73 Å². The summed E-state index contributed by atoms with van der Waals surface area (Å²) in [4.78, 5) is 12.0. The first-order chi connectivity index (χ1) is 8.42. The van der Waals surface area contributed by atoms with Crippen LogP contribution >= 0.6 is 0 Å². The van der Waals surface area contributed by atoms with Crippen molar-refractivity contribution in [2.45, 2.75) is 25.6 Å². The summed E-state index contributed by atoms with van der Waals surface area (Å²) in [7, 11) is -3.08. The normalized spacial score (nSPS) is 12.4. The van der Waals surface area contributed by atoms with Crippen LogP contribution in [0.1, 0.15) is 13.8 Å². The van der Waals surface area contributed by atoms with E-state index in [9.17, 15) is 8.42 Å². The monoisotopic (exact) mass is 269 g/mol. The predicted octanol–water partition coefficient (Wildman–Crippen LogP) is 0.232. The van der Waals surface area contributed by atoms with E-state index < -0.39 is 9.84 Å². The van der Waals surface area contributed by atoms with Crippen LogP contribution in [0.15, 0.2) is 12.7 Å². The molecule has 18 heavy (non-hydrogen) atoms. The smallest absolute Gasteiger partial charge is 0.165 e. The number of nitrogens with zero attached hydrogens (tertiary/aromatic N) is 4. The van der Waals surface area contributed by atoms with Crippen molar-refractivity contribution >= 4 is 26.8 Å². The molecule has 8 heteroatoms. The second-order valence-corrected chi connectivity index (χ2v) is 6.96. The number of hydrogen-bond acceptors (Lipinski definition) is 6. The number of aryl methyl sites for hydroxylation is 1. The molecule has 0 aliphatic carbocycles. The zero-order valence-corrected chi connectivity index (χ0v) is 11.1. The maximum atomic E-state index is 11.7. The molecule has 0 atom stereocenters. The lowest BCUT2D eigenvalue weighted by molar-refractivity contribution is 0.581. The Labute approximate surface area is 105 Å². The topological polar surface area (TPSA) is 104 Å².